The van der Waals surface area contributed by atoms with Gasteiger partial charge < -0.3 is 5.73 Å². The van der Waals surface area contributed by atoms with Gasteiger partial charge in [0.15, 0.2) is 0 Å². The number of hydrogen-bond acceptors (Lipinski definition) is 2. The summed E-state index contributed by atoms with van der Waals surface area (Å²) in [6.45, 7) is 7.76. The van der Waals surface area contributed by atoms with Gasteiger partial charge in [-0.2, -0.15) is 0 Å². The van der Waals surface area contributed by atoms with Crippen molar-refractivity contribution in [2.75, 3.05) is 19.6 Å². The third kappa shape index (κ3) is 2.92. The van der Waals surface area contributed by atoms with Crippen LogP contribution in [0, 0.1) is 5.41 Å². The highest BCUT2D eigenvalue weighted by molar-refractivity contribution is 7.80. The molecule has 1 saturated heterocycles. The zero-order valence-electron chi connectivity index (χ0n) is 9.38. The summed E-state index contributed by atoms with van der Waals surface area (Å²) in [5.74, 6) is 0. The van der Waals surface area contributed by atoms with Crippen LogP contribution < -0.4 is 5.73 Å². The molecule has 2 N–H and O–H groups in total. The second-order valence-corrected chi connectivity index (χ2v) is 4.97. The Morgan fingerprint density at radius 2 is 1.79 bits per heavy atom. The van der Waals surface area contributed by atoms with E-state index < -0.39 is 0 Å². The Balaban J connectivity index is 2.40. The van der Waals surface area contributed by atoms with E-state index in [0.29, 0.717) is 10.4 Å². The largest absolute Gasteiger partial charge is 0.392 e. The van der Waals surface area contributed by atoms with Crippen LogP contribution in [0.5, 0.6) is 0 Å². The number of likely N-dealkylation sites (tertiary alicyclic amines) is 1. The maximum Gasteiger partial charge on any atom is 0.0870 e. The molecule has 1 aliphatic rings. The highest BCUT2D eigenvalue weighted by Gasteiger charge is 2.30. The molecule has 1 heterocycles. The molecular weight excluding hydrogens is 192 g/mol. The van der Waals surface area contributed by atoms with Gasteiger partial charge in [0.2, 0.25) is 0 Å². The lowest BCUT2D eigenvalue weighted by Crippen LogP contribution is -2.42. The van der Waals surface area contributed by atoms with Crippen molar-refractivity contribution < 1.29 is 0 Å². The minimum atomic E-state index is 0.604. The quantitative estimate of drug-likeness (QED) is 0.727. The lowest BCUT2D eigenvalue weighted by molar-refractivity contribution is 0.106. The molecule has 0 aliphatic carbocycles. The first-order valence-corrected chi connectivity index (χ1v) is 6.03. The Kier molecular flexibility index (Phi) is 4.32. The van der Waals surface area contributed by atoms with Crippen LogP contribution in [0.15, 0.2) is 0 Å². The number of nitrogens with zero attached hydrogens (tertiary/aromatic N) is 1. The topological polar surface area (TPSA) is 29.3 Å². The maximum absolute atomic E-state index is 5.55. The fraction of sp³-hybridized carbons (Fsp3) is 0.909. The lowest BCUT2D eigenvalue weighted by atomic mass is 9.74. The SMILES string of the molecule is CCC1(CC)CCN(CC(N)=S)CC1. The predicted molar refractivity (Wildman–Crippen MR) is 65.5 cm³/mol. The Morgan fingerprint density at radius 1 is 1.29 bits per heavy atom. The van der Waals surface area contributed by atoms with E-state index >= 15 is 0 Å². The van der Waals surface area contributed by atoms with Gasteiger partial charge in [-0.3, -0.25) is 4.90 Å². The highest BCUT2D eigenvalue weighted by Crippen LogP contribution is 2.37. The van der Waals surface area contributed by atoms with Crippen molar-refractivity contribution in [2.24, 2.45) is 11.1 Å². The van der Waals surface area contributed by atoms with Crippen molar-refractivity contribution in [1.82, 2.24) is 4.90 Å². The number of hydrogen-bond donors (Lipinski definition) is 1. The number of rotatable bonds is 4. The molecule has 82 valence electrons. The number of piperidine rings is 1. The van der Waals surface area contributed by atoms with Gasteiger partial charge in [0, 0.05) is 6.54 Å². The zero-order valence-corrected chi connectivity index (χ0v) is 10.2. The number of thiocarbonyl (C=S) groups is 1. The standard InChI is InChI=1S/C11H22N2S/c1-3-11(4-2)5-7-13(8-6-11)9-10(12)14/h3-9H2,1-2H3,(H2,12,14). The molecule has 1 rings (SSSR count). The molecule has 0 bridgehead atoms. The summed E-state index contributed by atoms with van der Waals surface area (Å²) in [4.78, 5) is 3.01. The van der Waals surface area contributed by atoms with Crippen molar-refractivity contribution in [3.05, 3.63) is 0 Å². The second kappa shape index (κ2) is 5.08. The molecule has 0 aromatic carbocycles. The van der Waals surface area contributed by atoms with Gasteiger partial charge >= 0.3 is 0 Å². The maximum atomic E-state index is 5.55. The minimum Gasteiger partial charge on any atom is -0.392 e. The summed E-state index contributed by atoms with van der Waals surface area (Å²) in [6, 6.07) is 0. The van der Waals surface area contributed by atoms with E-state index in [4.69, 9.17) is 18.0 Å². The fourth-order valence-corrected chi connectivity index (χ4v) is 2.55. The van der Waals surface area contributed by atoms with E-state index in [2.05, 4.69) is 18.7 Å². The van der Waals surface area contributed by atoms with Crippen LogP contribution in [0.1, 0.15) is 39.5 Å². The van der Waals surface area contributed by atoms with Gasteiger partial charge in [-0.15, -0.1) is 0 Å². The molecule has 0 atom stereocenters. The molecule has 0 saturated carbocycles. The van der Waals surface area contributed by atoms with Gasteiger partial charge in [0.05, 0.1) is 4.99 Å². The summed E-state index contributed by atoms with van der Waals surface area (Å²) < 4.78 is 0. The van der Waals surface area contributed by atoms with E-state index in [9.17, 15) is 0 Å². The van der Waals surface area contributed by atoms with E-state index in [1.54, 1.807) is 0 Å². The molecule has 0 amide bonds. The Hall–Kier alpha value is -0.150. The average Bonchev–Trinajstić information content (AvgIpc) is 2.19. The molecule has 2 nitrogen and oxygen atoms in total. The number of nitrogens with two attached hydrogens (primary N) is 1. The molecule has 1 aliphatic heterocycles. The molecule has 1 fully saturated rings. The first kappa shape index (κ1) is 11.9. The third-order valence-corrected chi connectivity index (χ3v) is 3.93. The van der Waals surface area contributed by atoms with E-state index in [1.807, 2.05) is 0 Å². The van der Waals surface area contributed by atoms with Gasteiger partial charge in [0.1, 0.15) is 0 Å². The van der Waals surface area contributed by atoms with Gasteiger partial charge in [-0.25, -0.2) is 0 Å². The van der Waals surface area contributed by atoms with Crippen molar-refractivity contribution >= 4 is 17.2 Å². The summed E-state index contributed by atoms with van der Waals surface area (Å²) in [5.41, 5.74) is 6.15. The smallest absolute Gasteiger partial charge is 0.0870 e. The minimum absolute atomic E-state index is 0.604. The first-order valence-electron chi connectivity index (χ1n) is 5.62. The van der Waals surface area contributed by atoms with Crippen molar-refractivity contribution in [2.45, 2.75) is 39.5 Å². The van der Waals surface area contributed by atoms with Gasteiger partial charge in [-0.05, 0) is 31.3 Å². The molecule has 0 aromatic heterocycles. The molecule has 0 unspecified atom stereocenters. The van der Waals surface area contributed by atoms with Crippen LogP contribution in [0.25, 0.3) is 0 Å². The van der Waals surface area contributed by atoms with Crippen molar-refractivity contribution in [3.8, 4) is 0 Å². The second-order valence-electron chi connectivity index (χ2n) is 4.45. The van der Waals surface area contributed by atoms with Crippen LogP contribution in [-0.4, -0.2) is 29.5 Å². The molecule has 0 radical (unpaired) electrons. The molecule has 3 heteroatoms. The van der Waals surface area contributed by atoms with E-state index in [1.165, 1.54) is 38.8 Å². The van der Waals surface area contributed by atoms with Crippen molar-refractivity contribution in [1.29, 1.82) is 0 Å². The lowest BCUT2D eigenvalue weighted by Gasteiger charge is -2.40. The van der Waals surface area contributed by atoms with Crippen LogP contribution in [0.4, 0.5) is 0 Å². The van der Waals surface area contributed by atoms with E-state index in [0.717, 1.165) is 6.54 Å². The Morgan fingerprint density at radius 3 is 2.14 bits per heavy atom. The predicted octanol–water partition coefficient (Wildman–Crippen LogP) is 2.17. The van der Waals surface area contributed by atoms with Crippen molar-refractivity contribution in [3.63, 3.8) is 0 Å². The molecular formula is C11H22N2S. The first-order chi connectivity index (χ1) is 6.62. The van der Waals surface area contributed by atoms with Gasteiger partial charge in [0.25, 0.3) is 0 Å². The Bertz CT molecular complexity index is 189. The average molecular weight is 214 g/mol. The van der Waals surface area contributed by atoms with Gasteiger partial charge in [-0.1, -0.05) is 38.9 Å². The van der Waals surface area contributed by atoms with Crippen LogP contribution in [0.2, 0.25) is 0 Å². The van der Waals surface area contributed by atoms with Crippen LogP contribution >= 0.6 is 12.2 Å². The summed E-state index contributed by atoms with van der Waals surface area (Å²) in [6.07, 6.45) is 5.24. The molecule has 0 aromatic rings. The van der Waals surface area contributed by atoms with Crippen LogP contribution in [0.3, 0.4) is 0 Å². The third-order valence-electron chi connectivity index (χ3n) is 3.80. The highest BCUT2D eigenvalue weighted by atomic mass is 32.1. The molecule has 0 spiro atoms. The van der Waals surface area contributed by atoms with Crippen LogP contribution in [-0.2, 0) is 0 Å². The summed E-state index contributed by atoms with van der Waals surface area (Å²) in [5, 5.41) is 0. The zero-order chi connectivity index (χ0) is 10.6. The summed E-state index contributed by atoms with van der Waals surface area (Å²) >= 11 is 4.93. The Labute approximate surface area is 92.8 Å². The summed E-state index contributed by atoms with van der Waals surface area (Å²) in [7, 11) is 0. The van der Waals surface area contributed by atoms with E-state index in [-0.39, 0.29) is 0 Å². The monoisotopic (exact) mass is 214 g/mol. The molecule has 14 heavy (non-hydrogen) atoms. The fourth-order valence-electron chi connectivity index (χ4n) is 2.36. The normalized spacial score (nSPS) is 22.1.